The third-order valence-corrected chi connectivity index (χ3v) is 6.56. The Labute approximate surface area is 191 Å². The average molecular weight is 467 g/mol. The Kier molecular flexibility index (Phi) is 8.42. The molecule has 1 amide bonds. The largest absolute Gasteiger partial charge is 0.416 e. The van der Waals surface area contributed by atoms with E-state index in [1.54, 1.807) is 35.0 Å². The number of amides is 1. The van der Waals surface area contributed by atoms with Crippen molar-refractivity contribution in [2.45, 2.75) is 25.0 Å². The maximum atomic E-state index is 13.0. The number of nitrogens with zero attached hydrogens (tertiary/aromatic N) is 4. The Morgan fingerprint density at radius 3 is 2.41 bits per heavy atom. The molecular formula is C23H29F3N4OS. The third-order valence-electron chi connectivity index (χ3n) is 5.64. The fourth-order valence-corrected chi connectivity index (χ4v) is 4.49. The second-order valence-corrected chi connectivity index (χ2v) is 8.70. The van der Waals surface area contributed by atoms with Gasteiger partial charge in [0, 0.05) is 50.4 Å². The van der Waals surface area contributed by atoms with E-state index in [1.807, 2.05) is 11.0 Å². The van der Waals surface area contributed by atoms with Crippen molar-refractivity contribution in [2.75, 3.05) is 56.5 Å². The van der Waals surface area contributed by atoms with Crippen molar-refractivity contribution in [1.29, 1.82) is 0 Å². The number of hydrogen-bond donors (Lipinski definition) is 0. The van der Waals surface area contributed by atoms with Gasteiger partial charge in [-0.2, -0.15) is 13.2 Å². The van der Waals surface area contributed by atoms with Crippen molar-refractivity contribution in [1.82, 2.24) is 14.8 Å². The van der Waals surface area contributed by atoms with E-state index in [0.717, 1.165) is 42.5 Å². The lowest BCUT2D eigenvalue weighted by Crippen LogP contribution is -2.48. The number of halogens is 3. The fraction of sp³-hybridized carbons (Fsp3) is 0.478. The lowest BCUT2D eigenvalue weighted by molar-refractivity contribution is -0.137. The molecule has 3 rings (SSSR count). The highest BCUT2D eigenvalue weighted by molar-refractivity contribution is 7.99. The predicted molar refractivity (Wildman–Crippen MR) is 122 cm³/mol. The number of anilines is 1. The zero-order valence-corrected chi connectivity index (χ0v) is 19.3. The Bertz CT molecular complexity index is 880. The number of pyridine rings is 1. The molecule has 0 saturated carbocycles. The van der Waals surface area contributed by atoms with Crippen LogP contribution in [0.2, 0.25) is 0 Å². The van der Waals surface area contributed by atoms with Crippen LogP contribution in [0.1, 0.15) is 29.8 Å². The molecule has 1 aliphatic rings. The van der Waals surface area contributed by atoms with Gasteiger partial charge in [-0.15, -0.1) is 11.8 Å². The highest BCUT2D eigenvalue weighted by atomic mass is 32.2. The number of benzene rings is 1. The van der Waals surface area contributed by atoms with Crippen LogP contribution in [0.25, 0.3) is 0 Å². The summed E-state index contributed by atoms with van der Waals surface area (Å²) in [5.74, 6) is 0.848. The van der Waals surface area contributed by atoms with Crippen LogP contribution in [0.15, 0.2) is 47.6 Å². The highest BCUT2D eigenvalue weighted by Gasteiger charge is 2.31. The number of carbonyl (C=O) groups is 1. The first-order chi connectivity index (χ1) is 15.3. The minimum Gasteiger partial charge on any atom is -0.368 e. The quantitative estimate of drug-likeness (QED) is 0.536. The number of thioether (sulfide) groups is 1. The van der Waals surface area contributed by atoms with E-state index >= 15 is 0 Å². The minimum atomic E-state index is -4.36. The lowest BCUT2D eigenvalue weighted by atomic mass is 10.1. The van der Waals surface area contributed by atoms with E-state index in [1.165, 1.54) is 6.07 Å². The molecule has 1 fully saturated rings. The summed E-state index contributed by atoms with van der Waals surface area (Å²) in [6, 6.07) is 9.00. The zero-order chi connectivity index (χ0) is 23.1. The molecule has 9 heteroatoms. The van der Waals surface area contributed by atoms with Crippen LogP contribution in [-0.4, -0.2) is 72.3 Å². The van der Waals surface area contributed by atoms with Crippen LogP contribution >= 0.6 is 11.8 Å². The van der Waals surface area contributed by atoms with Crippen LogP contribution in [0.4, 0.5) is 18.9 Å². The SMILES string of the molecule is CCN(CC)CCSc1ccc(C(=O)N2CCN(c3cccc(C(F)(F)F)c3)CC2)cn1. The minimum absolute atomic E-state index is 0.0964. The van der Waals surface area contributed by atoms with Gasteiger partial charge < -0.3 is 14.7 Å². The van der Waals surface area contributed by atoms with Gasteiger partial charge in [0.2, 0.25) is 0 Å². The van der Waals surface area contributed by atoms with E-state index < -0.39 is 11.7 Å². The van der Waals surface area contributed by atoms with Crippen molar-refractivity contribution in [3.05, 3.63) is 53.7 Å². The summed E-state index contributed by atoms with van der Waals surface area (Å²) in [7, 11) is 0. The molecule has 0 bridgehead atoms. The van der Waals surface area contributed by atoms with Crippen LogP contribution in [-0.2, 0) is 6.18 Å². The number of piperazine rings is 1. The van der Waals surface area contributed by atoms with Crippen molar-refractivity contribution >= 4 is 23.4 Å². The maximum absolute atomic E-state index is 13.0. The van der Waals surface area contributed by atoms with Gasteiger partial charge in [-0.3, -0.25) is 4.79 Å². The maximum Gasteiger partial charge on any atom is 0.416 e. The van der Waals surface area contributed by atoms with Crippen LogP contribution in [0.3, 0.4) is 0 Å². The number of rotatable bonds is 8. The summed E-state index contributed by atoms with van der Waals surface area (Å²) in [6.45, 7) is 9.22. The van der Waals surface area contributed by atoms with Crippen molar-refractivity contribution in [3.63, 3.8) is 0 Å². The molecule has 0 aliphatic carbocycles. The van der Waals surface area contributed by atoms with Gasteiger partial charge in [0.1, 0.15) is 0 Å². The number of alkyl halides is 3. The van der Waals surface area contributed by atoms with Gasteiger partial charge in [-0.1, -0.05) is 19.9 Å². The molecule has 1 saturated heterocycles. The highest BCUT2D eigenvalue weighted by Crippen LogP contribution is 2.32. The van der Waals surface area contributed by atoms with E-state index in [2.05, 4.69) is 23.7 Å². The molecule has 2 heterocycles. The van der Waals surface area contributed by atoms with Crippen molar-refractivity contribution in [3.8, 4) is 0 Å². The molecule has 0 N–H and O–H groups in total. The summed E-state index contributed by atoms with van der Waals surface area (Å²) in [5.41, 5.74) is 0.403. The molecule has 5 nitrogen and oxygen atoms in total. The number of carbonyl (C=O) groups excluding carboxylic acids is 1. The van der Waals surface area contributed by atoms with Crippen molar-refractivity contribution in [2.24, 2.45) is 0 Å². The van der Waals surface area contributed by atoms with E-state index in [0.29, 0.717) is 37.4 Å². The third kappa shape index (κ3) is 6.38. The van der Waals surface area contributed by atoms with Gasteiger partial charge in [0.25, 0.3) is 5.91 Å². The van der Waals surface area contributed by atoms with E-state index in [-0.39, 0.29) is 5.91 Å². The summed E-state index contributed by atoms with van der Waals surface area (Å²) in [6.07, 6.45) is -2.75. The lowest BCUT2D eigenvalue weighted by Gasteiger charge is -2.36. The Balaban J connectivity index is 1.52. The first kappa shape index (κ1) is 24.4. The number of hydrogen-bond acceptors (Lipinski definition) is 5. The molecular weight excluding hydrogens is 437 g/mol. The Morgan fingerprint density at radius 1 is 1.09 bits per heavy atom. The second kappa shape index (κ2) is 11.0. The zero-order valence-electron chi connectivity index (χ0n) is 18.4. The molecule has 1 aromatic heterocycles. The topological polar surface area (TPSA) is 39.7 Å². The Hall–Kier alpha value is -2.26. The molecule has 32 heavy (non-hydrogen) atoms. The molecule has 0 radical (unpaired) electrons. The van der Waals surface area contributed by atoms with Gasteiger partial charge in [0.15, 0.2) is 0 Å². The van der Waals surface area contributed by atoms with Crippen molar-refractivity contribution < 1.29 is 18.0 Å². The fourth-order valence-electron chi connectivity index (χ4n) is 3.64. The first-order valence-electron chi connectivity index (χ1n) is 10.8. The molecule has 2 aromatic rings. The molecule has 1 aliphatic heterocycles. The smallest absolute Gasteiger partial charge is 0.368 e. The summed E-state index contributed by atoms with van der Waals surface area (Å²) in [5, 5.41) is 0.892. The molecule has 1 aromatic carbocycles. The summed E-state index contributed by atoms with van der Waals surface area (Å²) >= 11 is 1.67. The average Bonchev–Trinajstić information content (AvgIpc) is 2.81. The Morgan fingerprint density at radius 2 is 1.81 bits per heavy atom. The normalized spacial score (nSPS) is 14.8. The summed E-state index contributed by atoms with van der Waals surface area (Å²) in [4.78, 5) is 23.2. The van der Waals surface area contributed by atoms with Gasteiger partial charge >= 0.3 is 6.18 Å². The van der Waals surface area contributed by atoms with Crippen LogP contribution < -0.4 is 4.90 Å². The van der Waals surface area contributed by atoms with Crippen LogP contribution in [0.5, 0.6) is 0 Å². The molecule has 0 unspecified atom stereocenters. The number of aromatic nitrogens is 1. The second-order valence-electron chi connectivity index (χ2n) is 7.59. The molecule has 174 valence electrons. The predicted octanol–water partition coefficient (Wildman–Crippen LogP) is 4.50. The van der Waals surface area contributed by atoms with Gasteiger partial charge in [-0.05, 0) is 43.4 Å². The van der Waals surface area contributed by atoms with E-state index in [9.17, 15) is 18.0 Å². The monoisotopic (exact) mass is 466 g/mol. The first-order valence-corrected chi connectivity index (χ1v) is 11.8. The summed E-state index contributed by atoms with van der Waals surface area (Å²) < 4.78 is 38.9. The van der Waals surface area contributed by atoms with Gasteiger partial charge in [0.05, 0.1) is 16.2 Å². The standard InChI is InChI=1S/C23H29F3N4OS/c1-3-28(4-2)14-15-32-21-9-8-18(17-27-21)22(31)30-12-10-29(11-13-30)20-7-5-6-19(16-20)23(24,25)26/h5-9,16-17H,3-4,10-15H2,1-2H3. The van der Waals surface area contributed by atoms with Gasteiger partial charge in [-0.25, -0.2) is 4.98 Å². The van der Waals surface area contributed by atoms with Crippen LogP contribution in [0, 0.1) is 0 Å². The van der Waals surface area contributed by atoms with E-state index in [4.69, 9.17) is 0 Å². The molecule has 0 atom stereocenters. The molecule has 0 spiro atoms.